The van der Waals surface area contributed by atoms with E-state index >= 15 is 0 Å². The largest absolute Gasteiger partial charge is 0.480 e. The number of carbonyl (C=O) groups is 3. The summed E-state index contributed by atoms with van der Waals surface area (Å²) < 4.78 is 0.232. The van der Waals surface area contributed by atoms with Crippen molar-refractivity contribution in [3.05, 3.63) is 153 Å². The Labute approximate surface area is 314 Å². The first-order valence-electron chi connectivity index (χ1n) is 16.6. The number of carbonyl (C=O) groups excluding carboxylic acids is 2. The topological polar surface area (TPSA) is 77.9 Å². The van der Waals surface area contributed by atoms with E-state index in [0.29, 0.717) is 16.0 Å². The van der Waals surface area contributed by atoms with Crippen LogP contribution < -0.4 is 4.90 Å². The summed E-state index contributed by atoms with van der Waals surface area (Å²) >= 11 is 7.81. The van der Waals surface area contributed by atoms with Gasteiger partial charge >= 0.3 is 5.97 Å². The second kappa shape index (κ2) is 13.5. The molecule has 1 amide bonds. The number of anilines is 3. The molecule has 2 aliphatic rings. The number of nitrogens with zero attached hydrogens (tertiary/aromatic N) is 2. The number of ketones is 1. The Kier molecular flexibility index (Phi) is 8.71. The third-order valence-corrected chi connectivity index (χ3v) is 11.7. The van der Waals surface area contributed by atoms with E-state index < -0.39 is 18.4 Å². The van der Waals surface area contributed by atoms with Crippen LogP contribution in [0.4, 0.5) is 17.1 Å². The van der Waals surface area contributed by atoms with E-state index in [0.717, 1.165) is 71.3 Å². The summed E-state index contributed by atoms with van der Waals surface area (Å²) in [5, 5.41) is 9.12. The van der Waals surface area contributed by atoms with Gasteiger partial charge in [0.15, 0.2) is 5.78 Å². The van der Waals surface area contributed by atoms with Crippen LogP contribution in [-0.2, 0) is 9.59 Å². The van der Waals surface area contributed by atoms with E-state index in [1.165, 1.54) is 22.5 Å². The molecule has 6 nitrogen and oxygen atoms in total. The molecule has 0 spiro atoms. The third kappa shape index (κ3) is 6.28. The van der Waals surface area contributed by atoms with E-state index in [4.69, 9.17) is 17.3 Å². The third-order valence-electron chi connectivity index (χ3n) is 9.21. The average molecular weight is 735 g/mol. The minimum absolute atomic E-state index is 0.00544. The van der Waals surface area contributed by atoms with Crippen molar-refractivity contribution in [2.75, 3.05) is 11.4 Å². The highest BCUT2D eigenvalue weighted by molar-refractivity contribution is 8.26. The fourth-order valence-electron chi connectivity index (χ4n) is 6.54. The van der Waals surface area contributed by atoms with Gasteiger partial charge in [0, 0.05) is 37.9 Å². The number of thioether (sulfide) groups is 1. The van der Waals surface area contributed by atoms with Crippen molar-refractivity contribution in [1.29, 1.82) is 0 Å². The van der Waals surface area contributed by atoms with Crippen molar-refractivity contribution in [1.82, 2.24) is 4.90 Å². The minimum Gasteiger partial charge on any atom is -0.480 e. The lowest BCUT2D eigenvalue weighted by molar-refractivity contribution is -0.140. The van der Waals surface area contributed by atoms with Crippen LogP contribution in [0.25, 0.3) is 38.8 Å². The average Bonchev–Trinajstić information content (AvgIpc) is 3.81. The highest BCUT2D eigenvalue weighted by Crippen LogP contribution is 2.43. The van der Waals surface area contributed by atoms with Crippen molar-refractivity contribution >= 4 is 80.4 Å². The highest BCUT2D eigenvalue weighted by Gasteiger charge is 2.33. The molecule has 0 radical (unpaired) electrons. The maximum absolute atomic E-state index is 13.9. The predicted molar refractivity (Wildman–Crippen MR) is 216 cm³/mol. The Morgan fingerprint density at radius 1 is 0.692 bits per heavy atom. The van der Waals surface area contributed by atoms with Gasteiger partial charge in [-0.25, -0.2) is 0 Å². The smallest absolute Gasteiger partial charge is 0.323 e. The molecule has 0 bridgehead atoms. The van der Waals surface area contributed by atoms with Gasteiger partial charge < -0.3 is 10.0 Å². The number of hydrogen-bond acceptors (Lipinski definition) is 7. The van der Waals surface area contributed by atoms with Gasteiger partial charge in [-0.05, 0) is 108 Å². The molecule has 1 saturated heterocycles. The van der Waals surface area contributed by atoms with Crippen LogP contribution in [0.3, 0.4) is 0 Å². The molecule has 0 unspecified atom stereocenters. The number of aryl methyl sites for hydroxylation is 2. The van der Waals surface area contributed by atoms with Crippen molar-refractivity contribution in [3.63, 3.8) is 0 Å². The Bertz CT molecular complexity index is 2420. The number of fused-ring (bicyclic) bond motifs is 3. The molecule has 0 atom stereocenters. The van der Waals surface area contributed by atoms with Crippen LogP contribution >= 0.6 is 35.3 Å². The number of rotatable bonds is 8. The molecule has 9 heteroatoms. The van der Waals surface area contributed by atoms with Gasteiger partial charge in [0.05, 0.1) is 4.91 Å². The number of hydrogen-bond donors (Lipinski definition) is 1. The molecule has 1 fully saturated rings. The molecule has 1 N–H and O–H groups in total. The van der Waals surface area contributed by atoms with Crippen LogP contribution in [0.5, 0.6) is 0 Å². The molecule has 52 heavy (non-hydrogen) atoms. The molecule has 2 heterocycles. The highest BCUT2D eigenvalue weighted by atomic mass is 32.2. The Hall–Kier alpha value is -5.61. The van der Waals surface area contributed by atoms with Crippen LogP contribution in [0, 0.1) is 13.8 Å². The Morgan fingerprint density at radius 2 is 1.21 bits per heavy atom. The molecule has 0 saturated carbocycles. The zero-order chi connectivity index (χ0) is 36.1. The lowest BCUT2D eigenvalue weighted by Crippen LogP contribution is -2.33. The minimum atomic E-state index is -1.12. The number of carboxylic acid groups (broad SMARTS) is 1. The molecule has 6 aromatic rings. The van der Waals surface area contributed by atoms with E-state index in [9.17, 15) is 14.4 Å². The maximum Gasteiger partial charge on any atom is 0.323 e. The Balaban J connectivity index is 1.04. The summed E-state index contributed by atoms with van der Waals surface area (Å²) in [5.74, 6) is -1.53. The summed E-state index contributed by atoms with van der Waals surface area (Å²) in [7, 11) is 0. The van der Waals surface area contributed by atoms with E-state index in [-0.39, 0.29) is 10.1 Å². The van der Waals surface area contributed by atoms with Crippen LogP contribution in [0.15, 0.2) is 126 Å². The fourth-order valence-corrected chi connectivity index (χ4v) is 8.80. The van der Waals surface area contributed by atoms with Crippen molar-refractivity contribution in [3.8, 4) is 32.7 Å². The molecular weight excluding hydrogens is 705 g/mol. The predicted octanol–water partition coefficient (Wildman–Crippen LogP) is 10.7. The normalized spacial score (nSPS) is 14.2. The zero-order valence-corrected chi connectivity index (χ0v) is 30.6. The zero-order valence-electron chi connectivity index (χ0n) is 28.1. The molecule has 254 valence electrons. The van der Waals surface area contributed by atoms with Gasteiger partial charge in [-0.3, -0.25) is 19.3 Å². The fraction of sp³-hybridized carbons (Fsp3) is 0.0698. The van der Waals surface area contributed by atoms with Gasteiger partial charge in [-0.2, -0.15) is 0 Å². The summed E-state index contributed by atoms with van der Waals surface area (Å²) in [6.45, 7) is 3.72. The number of thiophene rings is 1. The quantitative estimate of drug-likeness (QED) is 0.123. The lowest BCUT2D eigenvalue weighted by atomic mass is 9.98. The first-order chi connectivity index (χ1) is 25.1. The number of aliphatic carboxylic acids is 1. The number of carboxylic acids is 1. The summed E-state index contributed by atoms with van der Waals surface area (Å²) in [6.07, 6.45) is 1.74. The lowest BCUT2D eigenvalue weighted by Gasteiger charge is -2.26. The molecular formula is C43H30N2O4S3. The van der Waals surface area contributed by atoms with Gasteiger partial charge in [-0.15, -0.1) is 11.3 Å². The van der Waals surface area contributed by atoms with Gasteiger partial charge in [0.25, 0.3) is 5.91 Å². The van der Waals surface area contributed by atoms with Gasteiger partial charge in [0.1, 0.15) is 10.9 Å². The summed E-state index contributed by atoms with van der Waals surface area (Å²) in [6, 6.07) is 41.5. The van der Waals surface area contributed by atoms with Crippen molar-refractivity contribution < 1.29 is 19.5 Å². The van der Waals surface area contributed by atoms with Crippen LogP contribution in [0.1, 0.15) is 31.9 Å². The van der Waals surface area contributed by atoms with Gasteiger partial charge in [0.2, 0.25) is 0 Å². The van der Waals surface area contributed by atoms with Crippen LogP contribution in [-0.4, -0.2) is 38.5 Å². The second-order valence-corrected chi connectivity index (χ2v) is 15.6. The molecule has 1 aromatic heterocycles. The standard InChI is InChI=1S/C43H30N2O4S3/c1-25-3-11-30(12-4-25)45(31-13-5-26(2)6-14-31)32-15-7-27(8-16-32)28-9-18-34-35-19-10-29(22-37(35)41(48)36(34)21-28)38-20-17-33(51-38)23-39-42(49)44(24-40(46)47)43(50)52-39/h3-23H,24H2,1-2H3,(H,46,47)/b39-23+. The maximum atomic E-state index is 13.9. The molecule has 1 aliphatic carbocycles. The molecule has 8 rings (SSSR count). The van der Waals surface area contributed by atoms with E-state index in [1.54, 1.807) is 6.08 Å². The van der Waals surface area contributed by atoms with E-state index in [2.05, 4.69) is 97.6 Å². The number of thiocarbonyl (C=S) groups is 1. The number of amides is 1. The molecule has 1 aliphatic heterocycles. The van der Waals surface area contributed by atoms with Crippen LogP contribution in [0.2, 0.25) is 0 Å². The van der Waals surface area contributed by atoms with E-state index in [1.807, 2.05) is 42.5 Å². The second-order valence-electron chi connectivity index (χ2n) is 12.8. The monoisotopic (exact) mass is 734 g/mol. The van der Waals surface area contributed by atoms with Crippen molar-refractivity contribution in [2.45, 2.75) is 13.8 Å². The first kappa shape index (κ1) is 33.5. The van der Waals surface area contributed by atoms with Crippen molar-refractivity contribution in [2.24, 2.45) is 0 Å². The SMILES string of the molecule is Cc1ccc(N(c2ccc(C)cc2)c2ccc(-c3ccc4c(c3)C(=O)c3cc(-c5ccc(/C=C6/SC(=S)N(CC(=O)O)C6=O)s5)ccc3-4)cc2)cc1. The Morgan fingerprint density at radius 3 is 1.79 bits per heavy atom. The molecule has 5 aromatic carbocycles. The summed E-state index contributed by atoms with van der Waals surface area (Å²) in [5.41, 5.74) is 11.7. The first-order valence-corrected chi connectivity index (χ1v) is 18.6. The number of benzene rings is 5. The summed E-state index contributed by atoms with van der Waals surface area (Å²) in [4.78, 5) is 43.3. The van der Waals surface area contributed by atoms with Gasteiger partial charge in [-0.1, -0.05) is 95.8 Å².